The first kappa shape index (κ1) is 21.1. The third-order valence-corrected chi connectivity index (χ3v) is 5.64. The fourth-order valence-corrected chi connectivity index (χ4v) is 3.97. The van der Waals surface area contributed by atoms with Crippen LogP contribution in [0.15, 0.2) is 36.4 Å². The molecule has 31 heavy (non-hydrogen) atoms. The zero-order chi connectivity index (χ0) is 22.2. The number of halogens is 3. The van der Waals surface area contributed by atoms with Crippen molar-refractivity contribution in [2.45, 2.75) is 38.3 Å². The molecule has 1 aliphatic heterocycles. The van der Waals surface area contributed by atoms with E-state index in [-0.39, 0.29) is 23.9 Å². The molecule has 1 aromatic carbocycles. The van der Waals surface area contributed by atoms with Gasteiger partial charge in [-0.05, 0) is 43.5 Å². The van der Waals surface area contributed by atoms with E-state index in [1.54, 1.807) is 25.0 Å². The molecule has 1 amide bonds. The van der Waals surface area contributed by atoms with E-state index in [2.05, 4.69) is 10.1 Å². The number of aromatic nitrogens is 3. The van der Waals surface area contributed by atoms with Crippen molar-refractivity contribution in [3.8, 4) is 5.75 Å². The Morgan fingerprint density at radius 1 is 1.16 bits per heavy atom. The summed E-state index contributed by atoms with van der Waals surface area (Å²) in [6.07, 6.45) is -3.10. The average Bonchev–Trinajstić information content (AvgIpc) is 3.12. The largest absolute Gasteiger partial charge is 0.497 e. The molecule has 1 fully saturated rings. The number of hydrogen-bond donors (Lipinski definition) is 0. The fourth-order valence-electron chi connectivity index (χ4n) is 3.97. The van der Waals surface area contributed by atoms with E-state index >= 15 is 0 Å². The molecule has 4 rings (SSSR count). The van der Waals surface area contributed by atoms with Gasteiger partial charge in [0.1, 0.15) is 11.4 Å². The lowest BCUT2D eigenvalue weighted by Crippen LogP contribution is -2.39. The van der Waals surface area contributed by atoms with Crippen molar-refractivity contribution in [1.82, 2.24) is 19.5 Å². The van der Waals surface area contributed by atoms with E-state index in [4.69, 9.17) is 4.74 Å². The molecule has 0 N–H and O–H groups in total. The SMILES string of the molecule is COc1ccc(CC(=O)N2CCC(c3cc(C(F)(F)F)n4nc(C)cc4n3)CC2)cc1. The van der Waals surface area contributed by atoms with Crippen LogP contribution >= 0.6 is 0 Å². The van der Waals surface area contributed by atoms with Gasteiger partial charge in [-0.15, -0.1) is 0 Å². The minimum atomic E-state index is -4.52. The van der Waals surface area contributed by atoms with E-state index in [1.807, 2.05) is 24.3 Å². The molecule has 1 aliphatic rings. The maximum absolute atomic E-state index is 13.5. The highest BCUT2D eigenvalue weighted by Crippen LogP contribution is 2.34. The average molecular weight is 432 g/mol. The second-order valence-electron chi connectivity index (χ2n) is 7.80. The summed E-state index contributed by atoms with van der Waals surface area (Å²) in [6, 6.07) is 9.98. The summed E-state index contributed by atoms with van der Waals surface area (Å²) in [6.45, 7) is 2.62. The number of nitrogens with zero attached hydrogens (tertiary/aromatic N) is 4. The summed E-state index contributed by atoms with van der Waals surface area (Å²) in [5.74, 6) is 0.605. The molecule has 0 aliphatic carbocycles. The molecule has 0 atom stereocenters. The van der Waals surface area contributed by atoms with Gasteiger partial charge in [0.15, 0.2) is 5.65 Å². The molecule has 3 aromatic rings. The summed E-state index contributed by atoms with van der Waals surface area (Å²) in [4.78, 5) is 18.9. The Morgan fingerprint density at radius 2 is 1.84 bits per heavy atom. The van der Waals surface area contributed by atoms with Crippen molar-refractivity contribution in [3.05, 3.63) is 59.0 Å². The molecule has 1 saturated heterocycles. The lowest BCUT2D eigenvalue weighted by atomic mass is 9.92. The number of methoxy groups -OCH3 is 1. The molecular weight excluding hydrogens is 409 g/mol. The van der Waals surface area contributed by atoms with Crippen molar-refractivity contribution in [3.63, 3.8) is 0 Å². The predicted molar refractivity (Wildman–Crippen MR) is 108 cm³/mol. The Bertz CT molecular complexity index is 1080. The Balaban J connectivity index is 1.45. The molecule has 0 radical (unpaired) electrons. The highest BCUT2D eigenvalue weighted by molar-refractivity contribution is 5.79. The van der Waals surface area contributed by atoms with Crippen LogP contribution in [0, 0.1) is 6.92 Å². The topological polar surface area (TPSA) is 59.7 Å². The van der Waals surface area contributed by atoms with Gasteiger partial charge >= 0.3 is 6.18 Å². The Kier molecular flexibility index (Phi) is 5.60. The third-order valence-electron chi connectivity index (χ3n) is 5.64. The lowest BCUT2D eigenvalue weighted by Gasteiger charge is -2.32. The normalized spacial score (nSPS) is 15.5. The van der Waals surface area contributed by atoms with Crippen molar-refractivity contribution in [1.29, 1.82) is 0 Å². The number of piperidine rings is 1. The number of carbonyl (C=O) groups is 1. The molecule has 164 valence electrons. The van der Waals surface area contributed by atoms with Gasteiger partial charge < -0.3 is 9.64 Å². The first-order chi connectivity index (χ1) is 14.7. The first-order valence-corrected chi connectivity index (χ1v) is 10.1. The number of likely N-dealkylation sites (tertiary alicyclic amines) is 1. The summed E-state index contributed by atoms with van der Waals surface area (Å²) >= 11 is 0. The summed E-state index contributed by atoms with van der Waals surface area (Å²) in [7, 11) is 1.59. The van der Waals surface area contributed by atoms with E-state index < -0.39 is 11.9 Å². The van der Waals surface area contributed by atoms with Crippen LogP contribution in [-0.2, 0) is 17.4 Å². The van der Waals surface area contributed by atoms with Crippen LogP contribution in [0.5, 0.6) is 5.75 Å². The van der Waals surface area contributed by atoms with Crippen LogP contribution in [0.4, 0.5) is 13.2 Å². The van der Waals surface area contributed by atoms with E-state index in [1.165, 1.54) is 0 Å². The standard InChI is InChI=1S/C22H23F3N4O2/c1-14-11-20-26-18(13-19(22(23,24)25)29(20)27-14)16-7-9-28(10-8-16)21(30)12-15-3-5-17(31-2)6-4-15/h3-6,11,13,16H,7-10,12H2,1-2H3. The molecule has 9 heteroatoms. The molecule has 6 nitrogen and oxygen atoms in total. The number of fused-ring (bicyclic) bond motifs is 1. The second kappa shape index (κ2) is 8.20. The smallest absolute Gasteiger partial charge is 0.433 e. The van der Waals surface area contributed by atoms with E-state index in [0.717, 1.165) is 21.9 Å². The zero-order valence-corrected chi connectivity index (χ0v) is 17.3. The Hall–Kier alpha value is -3.10. The Labute approximate surface area is 177 Å². The number of ether oxygens (including phenoxy) is 1. The molecule has 0 saturated carbocycles. The number of alkyl halides is 3. The first-order valence-electron chi connectivity index (χ1n) is 10.1. The van der Waals surface area contributed by atoms with Crippen molar-refractivity contribution in [2.24, 2.45) is 0 Å². The van der Waals surface area contributed by atoms with Gasteiger partial charge in [-0.25, -0.2) is 9.50 Å². The Morgan fingerprint density at radius 3 is 2.45 bits per heavy atom. The summed E-state index contributed by atoms with van der Waals surface area (Å²) < 4.78 is 46.6. The molecule has 2 aromatic heterocycles. The maximum atomic E-state index is 13.5. The van der Waals surface area contributed by atoms with Crippen molar-refractivity contribution < 1.29 is 22.7 Å². The van der Waals surface area contributed by atoms with Gasteiger partial charge in [0, 0.05) is 30.8 Å². The van der Waals surface area contributed by atoms with Crippen molar-refractivity contribution in [2.75, 3.05) is 20.2 Å². The maximum Gasteiger partial charge on any atom is 0.433 e. The van der Waals surface area contributed by atoms with E-state index in [9.17, 15) is 18.0 Å². The molecule has 0 unspecified atom stereocenters. The zero-order valence-electron chi connectivity index (χ0n) is 17.3. The lowest BCUT2D eigenvalue weighted by molar-refractivity contribution is -0.142. The fraction of sp³-hybridized carbons (Fsp3) is 0.409. The van der Waals surface area contributed by atoms with Gasteiger partial charge in [0.25, 0.3) is 0 Å². The predicted octanol–water partition coefficient (Wildman–Crippen LogP) is 4.01. The number of benzene rings is 1. The van der Waals surface area contributed by atoms with Crippen LogP contribution in [-0.4, -0.2) is 45.6 Å². The second-order valence-corrected chi connectivity index (χ2v) is 7.80. The van der Waals surface area contributed by atoms with Crippen LogP contribution in [0.3, 0.4) is 0 Å². The van der Waals surface area contributed by atoms with Crippen LogP contribution in [0.25, 0.3) is 5.65 Å². The number of hydrogen-bond acceptors (Lipinski definition) is 4. The summed E-state index contributed by atoms with van der Waals surface area (Å²) in [5, 5.41) is 3.93. The molecular formula is C22H23F3N4O2. The molecule has 0 spiro atoms. The number of rotatable bonds is 4. The van der Waals surface area contributed by atoms with Gasteiger partial charge in [-0.1, -0.05) is 12.1 Å². The van der Waals surface area contributed by atoms with Gasteiger partial charge in [-0.2, -0.15) is 18.3 Å². The third kappa shape index (κ3) is 4.50. The molecule has 3 heterocycles. The van der Waals surface area contributed by atoms with Gasteiger partial charge in [0.05, 0.1) is 19.2 Å². The van der Waals surface area contributed by atoms with Crippen LogP contribution in [0.1, 0.15) is 41.4 Å². The van der Waals surface area contributed by atoms with Crippen LogP contribution in [0.2, 0.25) is 0 Å². The summed E-state index contributed by atoms with van der Waals surface area (Å²) in [5.41, 5.74) is 1.15. The van der Waals surface area contributed by atoms with Gasteiger partial charge in [0.2, 0.25) is 5.91 Å². The minimum absolute atomic E-state index is 0.00873. The highest BCUT2D eigenvalue weighted by Gasteiger charge is 2.36. The number of amides is 1. The van der Waals surface area contributed by atoms with Crippen LogP contribution < -0.4 is 4.74 Å². The quantitative estimate of drug-likeness (QED) is 0.625. The highest BCUT2D eigenvalue weighted by atomic mass is 19.4. The monoisotopic (exact) mass is 432 g/mol. The minimum Gasteiger partial charge on any atom is -0.497 e. The number of aryl methyl sites for hydroxylation is 1. The van der Waals surface area contributed by atoms with Gasteiger partial charge in [-0.3, -0.25) is 4.79 Å². The number of carbonyl (C=O) groups excluding carboxylic acids is 1. The molecule has 0 bridgehead atoms. The van der Waals surface area contributed by atoms with Crippen molar-refractivity contribution >= 4 is 11.6 Å². The van der Waals surface area contributed by atoms with E-state index in [0.29, 0.717) is 37.3 Å².